The lowest BCUT2D eigenvalue weighted by molar-refractivity contribution is 0.949. The van der Waals surface area contributed by atoms with Crippen molar-refractivity contribution in [1.29, 1.82) is 0 Å². The minimum atomic E-state index is 0.719. The van der Waals surface area contributed by atoms with Gasteiger partial charge in [0.25, 0.3) is 0 Å². The topological polar surface area (TPSA) is 29.3 Å². The van der Waals surface area contributed by atoms with Crippen LogP contribution in [-0.4, -0.2) is 13.1 Å². The lowest BCUT2D eigenvalue weighted by Crippen LogP contribution is -2.15. The summed E-state index contributed by atoms with van der Waals surface area (Å²) in [5.41, 5.74) is 5.95. The lowest BCUT2D eigenvalue weighted by atomic mass is 10.2. The van der Waals surface area contributed by atoms with E-state index < -0.39 is 0 Å². The van der Waals surface area contributed by atoms with Gasteiger partial charge in [0.1, 0.15) is 5.00 Å². The number of nitrogens with two attached hydrogens (primary N) is 1. The maximum Gasteiger partial charge on any atom is 0.106 e. The molecule has 1 fully saturated rings. The zero-order valence-electron chi connectivity index (χ0n) is 10.3. The van der Waals surface area contributed by atoms with Gasteiger partial charge in [-0.15, -0.1) is 22.7 Å². The summed E-state index contributed by atoms with van der Waals surface area (Å²) in [7, 11) is 0. The van der Waals surface area contributed by atoms with Crippen molar-refractivity contribution in [3.05, 3.63) is 23.2 Å². The second-order valence-electron chi connectivity index (χ2n) is 4.91. The van der Waals surface area contributed by atoms with Crippen LogP contribution in [0.5, 0.6) is 0 Å². The Morgan fingerprint density at radius 1 is 1.11 bits per heavy atom. The van der Waals surface area contributed by atoms with Gasteiger partial charge < -0.3 is 10.6 Å². The van der Waals surface area contributed by atoms with Crippen LogP contribution < -0.4 is 10.6 Å². The molecule has 0 unspecified atom stereocenters. The summed E-state index contributed by atoms with van der Waals surface area (Å²) >= 11 is 9.80. The molecule has 0 atom stereocenters. The van der Waals surface area contributed by atoms with Gasteiger partial charge in [-0.3, -0.25) is 0 Å². The molecule has 2 nitrogen and oxygen atoms in total. The third kappa shape index (κ3) is 1.74. The van der Waals surface area contributed by atoms with Crippen molar-refractivity contribution in [2.75, 3.05) is 23.7 Å². The molecule has 1 aliphatic rings. The Bertz CT molecular complexity index is 769. The molecule has 0 amide bonds. The number of benzene rings is 1. The summed E-state index contributed by atoms with van der Waals surface area (Å²) in [6.45, 7) is 2.35. The molecule has 3 heterocycles. The van der Waals surface area contributed by atoms with Crippen molar-refractivity contribution >= 4 is 64.4 Å². The summed E-state index contributed by atoms with van der Waals surface area (Å²) in [5.74, 6) is 0. The number of fused-ring (bicyclic) bond motifs is 3. The SMILES string of the molecule is Nc1sc2ccc3sc(N4CCCC4)cc3c2c1Cl. The van der Waals surface area contributed by atoms with Crippen LogP contribution in [0.25, 0.3) is 20.2 Å². The highest BCUT2D eigenvalue weighted by molar-refractivity contribution is 7.25. The fourth-order valence-corrected chi connectivity index (χ4v) is 5.14. The molecule has 98 valence electrons. The highest BCUT2D eigenvalue weighted by Gasteiger charge is 2.18. The van der Waals surface area contributed by atoms with Gasteiger partial charge in [0, 0.05) is 33.3 Å². The largest absolute Gasteiger partial charge is 0.389 e. The van der Waals surface area contributed by atoms with Gasteiger partial charge >= 0.3 is 0 Å². The highest BCUT2D eigenvalue weighted by Crippen LogP contribution is 2.45. The van der Waals surface area contributed by atoms with Crippen LogP contribution in [0.4, 0.5) is 10.0 Å². The molecule has 2 aromatic heterocycles. The Balaban J connectivity index is 1.99. The van der Waals surface area contributed by atoms with E-state index in [1.165, 1.54) is 45.7 Å². The van der Waals surface area contributed by atoms with Crippen LogP contribution in [0.1, 0.15) is 12.8 Å². The summed E-state index contributed by atoms with van der Waals surface area (Å²) in [4.78, 5) is 2.47. The van der Waals surface area contributed by atoms with Gasteiger partial charge in [0.2, 0.25) is 0 Å². The van der Waals surface area contributed by atoms with E-state index in [0.717, 1.165) is 15.4 Å². The molecule has 4 rings (SSSR count). The van der Waals surface area contributed by atoms with Crippen LogP contribution in [-0.2, 0) is 0 Å². The molecule has 0 aliphatic carbocycles. The number of nitrogens with zero attached hydrogens (tertiary/aromatic N) is 1. The van der Waals surface area contributed by atoms with Crippen molar-refractivity contribution in [3.8, 4) is 0 Å². The van der Waals surface area contributed by atoms with Crippen LogP contribution >= 0.6 is 34.3 Å². The first-order valence-corrected chi connectivity index (χ1v) is 8.40. The molecule has 1 aromatic carbocycles. The molecule has 2 N–H and O–H groups in total. The summed E-state index contributed by atoms with van der Waals surface area (Å²) < 4.78 is 2.48. The predicted octanol–water partition coefficient (Wildman–Crippen LogP) is 4.95. The summed E-state index contributed by atoms with van der Waals surface area (Å²) in [5, 5.41) is 5.18. The van der Waals surface area contributed by atoms with E-state index >= 15 is 0 Å². The lowest BCUT2D eigenvalue weighted by Gasteiger charge is -2.13. The van der Waals surface area contributed by atoms with Gasteiger partial charge in [-0.05, 0) is 31.0 Å². The molecule has 0 spiro atoms. The van der Waals surface area contributed by atoms with Crippen LogP contribution in [0.2, 0.25) is 5.02 Å². The maximum absolute atomic E-state index is 6.37. The molecular weight excluding hydrogens is 296 g/mol. The van der Waals surface area contributed by atoms with Crippen molar-refractivity contribution in [2.24, 2.45) is 0 Å². The van der Waals surface area contributed by atoms with Crippen molar-refractivity contribution in [3.63, 3.8) is 0 Å². The van der Waals surface area contributed by atoms with E-state index in [2.05, 4.69) is 23.1 Å². The number of hydrogen-bond donors (Lipinski definition) is 1. The zero-order valence-corrected chi connectivity index (χ0v) is 12.7. The fourth-order valence-electron chi connectivity index (χ4n) is 2.77. The van der Waals surface area contributed by atoms with Crippen molar-refractivity contribution in [2.45, 2.75) is 12.8 Å². The van der Waals surface area contributed by atoms with Gasteiger partial charge in [0.05, 0.1) is 10.0 Å². The Labute approximate surface area is 124 Å². The molecule has 3 aromatic rings. The molecule has 1 saturated heterocycles. The number of halogens is 1. The smallest absolute Gasteiger partial charge is 0.106 e. The van der Waals surface area contributed by atoms with Crippen LogP contribution in [0.3, 0.4) is 0 Å². The Morgan fingerprint density at radius 2 is 1.84 bits per heavy atom. The van der Waals surface area contributed by atoms with Gasteiger partial charge in [-0.25, -0.2) is 0 Å². The van der Waals surface area contributed by atoms with E-state index in [9.17, 15) is 0 Å². The number of hydrogen-bond acceptors (Lipinski definition) is 4. The van der Waals surface area contributed by atoms with Crippen LogP contribution in [0, 0.1) is 0 Å². The second kappa shape index (κ2) is 4.27. The van der Waals surface area contributed by atoms with E-state index in [1.807, 2.05) is 11.3 Å². The number of rotatable bonds is 1. The first kappa shape index (κ1) is 11.8. The third-order valence-corrected chi connectivity index (χ3v) is 6.37. The standard InChI is InChI=1S/C14H13ClN2S2/c15-13-12-8-7-11(17-5-1-2-6-17)18-9(8)3-4-10(12)19-14(13)16/h3-4,7H,1-2,5-6,16H2. The average molecular weight is 309 g/mol. The van der Waals surface area contributed by atoms with Gasteiger partial charge in [0.15, 0.2) is 0 Å². The quantitative estimate of drug-likeness (QED) is 0.689. The van der Waals surface area contributed by atoms with E-state index in [-0.39, 0.29) is 0 Å². The molecule has 0 radical (unpaired) electrons. The number of anilines is 2. The number of nitrogen functional groups attached to an aromatic ring is 1. The van der Waals surface area contributed by atoms with Gasteiger partial charge in [-0.1, -0.05) is 11.6 Å². The molecule has 0 saturated carbocycles. The third-order valence-electron chi connectivity index (χ3n) is 3.72. The first-order chi connectivity index (χ1) is 9.24. The second-order valence-corrected chi connectivity index (χ2v) is 7.43. The van der Waals surface area contributed by atoms with Crippen molar-refractivity contribution in [1.82, 2.24) is 0 Å². The molecule has 1 aliphatic heterocycles. The van der Waals surface area contributed by atoms with E-state index in [1.54, 1.807) is 11.3 Å². The van der Waals surface area contributed by atoms with Gasteiger partial charge in [-0.2, -0.15) is 0 Å². The predicted molar refractivity (Wildman–Crippen MR) is 88.1 cm³/mol. The normalized spacial score (nSPS) is 15.9. The monoisotopic (exact) mass is 308 g/mol. The molecule has 5 heteroatoms. The number of thiophene rings is 2. The summed E-state index contributed by atoms with van der Waals surface area (Å²) in [6, 6.07) is 6.61. The highest BCUT2D eigenvalue weighted by atomic mass is 35.5. The minimum absolute atomic E-state index is 0.719. The van der Waals surface area contributed by atoms with E-state index in [4.69, 9.17) is 17.3 Å². The van der Waals surface area contributed by atoms with Crippen LogP contribution in [0.15, 0.2) is 18.2 Å². The molecule has 19 heavy (non-hydrogen) atoms. The minimum Gasteiger partial charge on any atom is -0.389 e. The Hall–Kier alpha value is -0.970. The molecule has 0 bridgehead atoms. The Morgan fingerprint density at radius 3 is 2.63 bits per heavy atom. The zero-order chi connectivity index (χ0) is 13.0. The molecular formula is C14H13ClN2S2. The fraction of sp³-hybridized carbons (Fsp3) is 0.286. The first-order valence-electron chi connectivity index (χ1n) is 6.39. The Kier molecular flexibility index (Phi) is 2.65. The summed E-state index contributed by atoms with van der Waals surface area (Å²) in [6.07, 6.45) is 2.60. The van der Waals surface area contributed by atoms with E-state index in [0.29, 0.717) is 0 Å². The average Bonchev–Trinajstić information content (AvgIpc) is 3.09. The van der Waals surface area contributed by atoms with Crippen molar-refractivity contribution < 1.29 is 0 Å². The maximum atomic E-state index is 6.37.